The number of aliphatic carboxylic acids is 1. The number of nitrogen functional groups attached to an aromatic ring is 1. The number of thioether (sulfide) groups is 1. The summed E-state index contributed by atoms with van der Waals surface area (Å²) in [6, 6.07) is 1.62. The SMILES string of the molecule is Nc1nc(/C(=N/O)C(=O)NC2C(=O)N3C(C(=O)[O-])=C(CS(=O)(=O)c4cccnc4)CS[C@H]23)cs1.[Na+]. The maximum atomic E-state index is 12.8. The normalized spacial score (nSPS) is 19.9. The Morgan fingerprint density at radius 3 is 2.71 bits per heavy atom. The van der Waals surface area contributed by atoms with Gasteiger partial charge < -0.3 is 26.2 Å². The maximum Gasteiger partial charge on any atom is 1.00 e. The zero-order valence-corrected chi connectivity index (χ0v) is 22.4. The molecule has 2 amide bonds. The Bertz CT molecular complexity index is 1350. The van der Waals surface area contributed by atoms with E-state index in [4.69, 9.17) is 5.73 Å². The number of anilines is 1. The summed E-state index contributed by atoms with van der Waals surface area (Å²) >= 11 is 2.09. The van der Waals surface area contributed by atoms with Crippen molar-refractivity contribution in [2.45, 2.75) is 16.3 Å². The predicted octanol–water partition coefficient (Wildman–Crippen LogP) is -4.82. The van der Waals surface area contributed by atoms with E-state index in [2.05, 4.69) is 20.4 Å². The first-order valence-electron chi connectivity index (χ1n) is 9.39. The number of carbonyl (C=O) groups excluding carboxylic acids is 3. The van der Waals surface area contributed by atoms with E-state index in [0.717, 1.165) is 34.2 Å². The van der Waals surface area contributed by atoms with Crippen LogP contribution in [0.25, 0.3) is 0 Å². The van der Waals surface area contributed by atoms with E-state index >= 15 is 0 Å². The van der Waals surface area contributed by atoms with Crippen LogP contribution in [0.5, 0.6) is 0 Å². The number of carboxylic acids is 1. The largest absolute Gasteiger partial charge is 1.00 e. The number of nitrogens with two attached hydrogens (primary N) is 1. The number of hydrogen-bond donors (Lipinski definition) is 3. The number of pyridine rings is 1. The molecule has 2 aliphatic rings. The number of rotatable bonds is 7. The van der Waals surface area contributed by atoms with Gasteiger partial charge in [0.2, 0.25) is 0 Å². The molecule has 2 atom stereocenters. The quantitative estimate of drug-likeness (QED) is 0.0986. The number of nitrogens with one attached hydrogen (secondary N) is 1. The average Bonchev–Trinajstić information content (AvgIpc) is 3.23. The van der Waals surface area contributed by atoms with Crippen LogP contribution in [0.4, 0.5) is 5.13 Å². The molecule has 0 saturated carbocycles. The minimum absolute atomic E-state index is 0. The number of fused-ring (bicyclic) bond motifs is 1. The van der Waals surface area contributed by atoms with Gasteiger partial charge in [-0.15, -0.1) is 23.1 Å². The molecule has 0 radical (unpaired) electrons. The first-order chi connectivity index (χ1) is 16.1. The Labute approximate surface area is 228 Å². The first kappa shape index (κ1) is 27.1. The molecule has 4 rings (SSSR count). The van der Waals surface area contributed by atoms with Crippen molar-refractivity contribution in [1.82, 2.24) is 20.2 Å². The molecule has 178 valence electrons. The Morgan fingerprint density at radius 1 is 1.40 bits per heavy atom. The molecule has 17 heteroatoms. The van der Waals surface area contributed by atoms with Gasteiger partial charge in [-0.2, -0.15) is 0 Å². The first-order valence-corrected chi connectivity index (χ1v) is 13.0. The van der Waals surface area contributed by atoms with Crippen molar-refractivity contribution < 1.29 is 62.7 Å². The molecule has 4 heterocycles. The fourth-order valence-electron chi connectivity index (χ4n) is 3.45. The summed E-state index contributed by atoms with van der Waals surface area (Å²) in [5.74, 6) is -4.09. The van der Waals surface area contributed by atoms with Crippen LogP contribution in [0.2, 0.25) is 0 Å². The molecule has 0 aromatic carbocycles. The van der Waals surface area contributed by atoms with Crippen molar-refractivity contribution >= 4 is 61.6 Å². The van der Waals surface area contributed by atoms with Crippen molar-refractivity contribution in [3.05, 3.63) is 46.9 Å². The summed E-state index contributed by atoms with van der Waals surface area (Å²) < 4.78 is 25.4. The van der Waals surface area contributed by atoms with Gasteiger partial charge in [0.05, 0.1) is 22.3 Å². The second-order valence-electron chi connectivity index (χ2n) is 7.07. The molecule has 0 spiro atoms. The molecular weight excluding hydrogens is 531 g/mol. The molecule has 2 aromatic rings. The molecule has 0 aliphatic carbocycles. The zero-order chi connectivity index (χ0) is 24.6. The third-order valence-electron chi connectivity index (χ3n) is 4.96. The Hall–Kier alpha value is -2.50. The third-order valence-corrected chi connectivity index (χ3v) is 8.67. The number of hydrogen-bond acceptors (Lipinski definition) is 13. The van der Waals surface area contributed by atoms with Crippen LogP contribution in [0.3, 0.4) is 0 Å². The average molecular weight is 547 g/mol. The Balaban J connectivity index is 0.00000342. The van der Waals surface area contributed by atoms with E-state index in [9.17, 15) is 33.1 Å². The molecule has 4 N–H and O–H groups in total. The smallest absolute Gasteiger partial charge is 0.543 e. The molecule has 13 nitrogen and oxygen atoms in total. The molecule has 2 aromatic heterocycles. The maximum absolute atomic E-state index is 12.8. The fourth-order valence-corrected chi connectivity index (χ4v) is 6.84. The third kappa shape index (κ3) is 5.22. The van der Waals surface area contributed by atoms with Crippen LogP contribution in [0.15, 0.2) is 51.2 Å². The molecular formula is C18H15N6NaO7S3. The van der Waals surface area contributed by atoms with Crippen molar-refractivity contribution in [1.29, 1.82) is 0 Å². The number of sulfone groups is 1. The number of amides is 2. The van der Waals surface area contributed by atoms with E-state index in [1.165, 1.54) is 23.7 Å². The number of carboxylic acid groups (broad SMARTS) is 1. The number of thiazole rings is 1. The number of aromatic nitrogens is 2. The summed E-state index contributed by atoms with van der Waals surface area (Å²) in [5.41, 5.74) is 4.48. The summed E-state index contributed by atoms with van der Waals surface area (Å²) in [7, 11) is -3.93. The molecule has 1 saturated heterocycles. The van der Waals surface area contributed by atoms with Gasteiger partial charge in [0, 0.05) is 23.5 Å². The number of carbonyl (C=O) groups is 3. The van der Waals surface area contributed by atoms with Crippen molar-refractivity contribution in [3.63, 3.8) is 0 Å². The Morgan fingerprint density at radius 2 is 2.14 bits per heavy atom. The van der Waals surface area contributed by atoms with Gasteiger partial charge in [-0.3, -0.25) is 19.5 Å². The zero-order valence-electron chi connectivity index (χ0n) is 17.9. The molecule has 1 unspecified atom stereocenters. The van der Waals surface area contributed by atoms with Crippen molar-refractivity contribution in [3.8, 4) is 0 Å². The van der Waals surface area contributed by atoms with E-state index in [0.29, 0.717) is 0 Å². The monoisotopic (exact) mass is 546 g/mol. The van der Waals surface area contributed by atoms with Crippen LogP contribution in [-0.2, 0) is 24.2 Å². The van der Waals surface area contributed by atoms with Gasteiger partial charge in [0.25, 0.3) is 11.8 Å². The summed E-state index contributed by atoms with van der Waals surface area (Å²) in [6.45, 7) is 0. The number of β-lactam (4-membered cyclic amide) rings is 1. The van der Waals surface area contributed by atoms with E-state index in [1.807, 2.05) is 0 Å². The second kappa shape index (κ2) is 10.6. The van der Waals surface area contributed by atoms with E-state index in [1.54, 1.807) is 0 Å². The number of nitrogens with zero attached hydrogens (tertiary/aromatic N) is 4. The fraction of sp³-hybridized carbons (Fsp3) is 0.222. The summed E-state index contributed by atoms with van der Waals surface area (Å²) in [4.78, 5) is 45.6. The van der Waals surface area contributed by atoms with Crippen LogP contribution >= 0.6 is 23.1 Å². The van der Waals surface area contributed by atoms with E-state index in [-0.39, 0.29) is 56.6 Å². The van der Waals surface area contributed by atoms with Gasteiger partial charge in [-0.25, -0.2) is 13.4 Å². The van der Waals surface area contributed by atoms with Crippen LogP contribution < -0.4 is 45.7 Å². The molecule has 2 aliphatic heterocycles. The van der Waals surface area contributed by atoms with Gasteiger partial charge in [0.1, 0.15) is 17.1 Å². The van der Waals surface area contributed by atoms with E-state index < -0.39 is 56.2 Å². The Kier molecular flexibility index (Phi) is 8.23. The minimum Gasteiger partial charge on any atom is -0.543 e. The van der Waals surface area contributed by atoms with Crippen LogP contribution in [-0.4, -0.2) is 74.9 Å². The summed E-state index contributed by atoms with van der Waals surface area (Å²) in [5, 5.41) is 27.1. The van der Waals surface area contributed by atoms with Crippen LogP contribution in [0.1, 0.15) is 5.69 Å². The van der Waals surface area contributed by atoms with Gasteiger partial charge in [0.15, 0.2) is 20.7 Å². The standard InChI is InChI=1S/C18H16N6O7S3.Na/c19-18-21-10(6-33-18)11(23-29)14(25)22-12-15(26)24-13(17(27)28)8(5-32-16(12)24)7-34(30,31)9-2-1-3-20-4-9;/h1-4,6,12,16,29H,5,7H2,(H2,19,21)(H,22,25)(H,27,28);/q;+1/p-1/b23-11-;/t12?,16-;/m1./s1. The topological polar surface area (TPSA) is 208 Å². The predicted molar refractivity (Wildman–Crippen MR) is 118 cm³/mol. The molecule has 1 fully saturated rings. The van der Waals surface area contributed by atoms with Gasteiger partial charge >= 0.3 is 29.6 Å². The molecule has 35 heavy (non-hydrogen) atoms. The van der Waals surface area contributed by atoms with Gasteiger partial charge in [-0.05, 0) is 17.7 Å². The van der Waals surface area contributed by atoms with Crippen molar-refractivity contribution in [2.24, 2.45) is 5.16 Å². The second-order valence-corrected chi connectivity index (χ2v) is 11.1. The molecule has 0 bridgehead atoms. The van der Waals surface area contributed by atoms with Gasteiger partial charge in [-0.1, -0.05) is 5.16 Å². The van der Waals surface area contributed by atoms with Crippen LogP contribution in [0, 0.1) is 0 Å². The number of oxime groups is 1. The van der Waals surface area contributed by atoms with Crippen molar-refractivity contribution in [2.75, 3.05) is 17.2 Å². The summed E-state index contributed by atoms with van der Waals surface area (Å²) in [6.07, 6.45) is 2.54. The minimum atomic E-state index is -3.93.